The van der Waals surface area contributed by atoms with Gasteiger partial charge in [0, 0.05) is 15.1 Å². The van der Waals surface area contributed by atoms with Gasteiger partial charge in [-0.05, 0) is 54.2 Å². The van der Waals surface area contributed by atoms with E-state index < -0.39 is 6.89 Å². The molecular formula is C16H15BrClOP. The van der Waals surface area contributed by atoms with Crippen molar-refractivity contribution in [3.63, 3.8) is 0 Å². The molecule has 1 saturated heterocycles. The van der Waals surface area contributed by atoms with Gasteiger partial charge in [0.05, 0.1) is 0 Å². The van der Waals surface area contributed by atoms with Crippen LogP contribution in [0.25, 0.3) is 0 Å². The zero-order chi connectivity index (χ0) is 14.2. The number of allylic oxidation sites excluding steroid dienone is 3. The first-order valence-electron chi connectivity index (χ1n) is 6.67. The fourth-order valence-electron chi connectivity index (χ4n) is 2.69. The Morgan fingerprint density at radius 2 is 2.10 bits per heavy atom. The van der Waals surface area contributed by atoms with Crippen molar-refractivity contribution in [2.24, 2.45) is 0 Å². The molecule has 3 rings (SSSR count). The summed E-state index contributed by atoms with van der Waals surface area (Å²) >= 11 is 9.81. The van der Waals surface area contributed by atoms with Gasteiger partial charge in [-0.2, -0.15) is 0 Å². The van der Waals surface area contributed by atoms with E-state index in [-0.39, 0.29) is 0 Å². The van der Waals surface area contributed by atoms with Crippen LogP contribution in [0, 0.1) is 0 Å². The monoisotopic (exact) mass is 368 g/mol. The molecule has 1 fully saturated rings. The average molecular weight is 370 g/mol. The lowest BCUT2D eigenvalue weighted by molar-refractivity contribution is 0.112. The molecule has 1 nitrogen and oxygen atoms in total. The zero-order valence-electron chi connectivity index (χ0n) is 11.0. The highest BCUT2D eigenvalue weighted by Gasteiger charge is 2.32. The lowest BCUT2D eigenvalue weighted by Gasteiger charge is -2.14. The molecule has 20 heavy (non-hydrogen) atoms. The Bertz CT molecular complexity index is 680. The Morgan fingerprint density at radius 1 is 1.30 bits per heavy atom. The van der Waals surface area contributed by atoms with E-state index in [1.807, 2.05) is 18.2 Å². The van der Waals surface area contributed by atoms with Crippen molar-refractivity contribution in [2.45, 2.75) is 12.8 Å². The van der Waals surface area contributed by atoms with Crippen LogP contribution in [-0.2, 0) is 6.42 Å². The number of carbonyl (C=O) groups is 1. The highest BCUT2D eigenvalue weighted by atomic mass is 79.9. The Labute approximate surface area is 132 Å². The topological polar surface area (TPSA) is 17.1 Å². The number of rotatable bonds is 4. The minimum Gasteiger partial charge on any atom is -0.298 e. The molecule has 0 aliphatic carbocycles. The predicted molar refractivity (Wildman–Crippen MR) is 93.0 cm³/mol. The van der Waals surface area contributed by atoms with Crippen molar-refractivity contribution >= 4 is 46.0 Å². The molecule has 4 heteroatoms. The van der Waals surface area contributed by atoms with Crippen molar-refractivity contribution < 1.29 is 4.79 Å². The van der Waals surface area contributed by atoms with Gasteiger partial charge in [-0.1, -0.05) is 52.4 Å². The summed E-state index contributed by atoms with van der Waals surface area (Å²) in [5.74, 6) is 2.42. The van der Waals surface area contributed by atoms with E-state index in [4.69, 9.17) is 11.6 Å². The number of carbonyl (C=O) groups excluding carboxylic acids is 1. The fraction of sp³-hybridized carbons (Fsp3) is 0.250. The quantitative estimate of drug-likeness (QED) is 0.533. The van der Waals surface area contributed by atoms with Crippen LogP contribution in [0.5, 0.6) is 0 Å². The molecule has 1 spiro atoms. The minimum absolute atomic E-state index is 0.702. The van der Waals surface area contributed by atoms with Crippen LogP contribution < -0.4 is 0 Å². The van der Waals surface area contributed by atoms with Gasteiger partial charge in [-0.15, -0.1) is 0 Å². The number of hydrogen-bond acceptors (Lipinski definition) is 1. The van der Waals surface area contributed by atoms with Gasteiger partial charge in [-0.25, -0.2) is 0 Å². The van der Waals surface area contributed by atoms with E-state index in [9.17, 15) is 4.79 Å². The van der Waals surface area contributed by atoms with E-state index in [2.05, 4.69) is 33.9 Å². The summed E-state index contributed by atoms with van der Waals surface area (Å²) in [5.41, 5.74) is 1.70. The molecule has 0 unspecified atom stereocenters. The van der Waals surface area contributed by atoms with Crippen molar-refractivity contribution in [1.82, 2.24) is 0 Å². The minimum atomic E-state index is -0.911. The molecule has 0 amide bonds. The fourth-order valence-corrected chi connectivity index (χ4v) is 7.08. The second kappa shape index (κ2) is 5.67. The summed E-state index contributed by atoms with van der Waals surface area (Å²) in [6.07, 6.45) is 9.90. The summed E-state index contributed by atoms with van der Waals surface area (Å²) < 4.78 is 1.15. The summed E-state index contributed by atoms with van der Waals surface area (Å²) in [6, 6.07) is 5.54. The van der Waals surface area contributed by atoms with E-state index in [1.165, 1.54) is 12.3 Å². The third-order valence-corrected chi connectivity index (χ3v) is 8.49. The maximum Gasteiger partial charge on any atom is 0.150 e. The first-order chi connectivity index (χ1) is 9.64. The summed E-state index contributed by atoms with van der Waals surface area (Å²) in [6.45, 7) is -0.911. The van der Waals surface area contributed by atoms with Crippen molar-refractivity contribution in [3.05, 3.63) is 56.8 Å². The van der Waals surface area contributed by atoms with E-state index in [0.717, 1.165) is 34.7 Å². The van der Waals surface area contributed by atoms with Crippen LogP contribution in [0.4, 0.5) is 0 Å². The van der Waals surface area contributed by atoms with Crippen molar-refractivity contribution in [2.75, 3.05) is 12.3 Å². The zero-order valence-corrected chi connectivity index (χ0v) is 14.2. The van der Waals surface area contributed by atoms with Gasteiger partial charge in [0.25, 0.3) is 0 Å². The molecule has 0 bridgehead atoms. The second-order valence-electron chi connectivity index (χ2n) is 5.24. The average Bonchev–Trinajstić information content (AvgIpc) is 3.22. The Morgan fingerprint density at radius 3 is 2.80 bits per heavy atom. The molecule has 0 N–H and O–H groups in total. The van der Waals surface area contributed by atoms with E-state index >= 15 is 0 Å². The third-order valence-electron chi connectivity index (χ3n) is 4.01. The summed E-state index contributed by atoms with van der Waals surface area (Å²) in [5, 5.41) is 2.26. The Kier molecular flexibility index (Phi) is 4.08. The molecular weight excluding hydrogens is 355 g/mol. The number of benzene rings is 1. The van der Waals surface area contributed by atoms with Crippen LogP contribution in [0.3, 0.4) is 0 Å². The lowest BCUT2D eigenvalue weighted by atomic mass is 10.0. The van der Waals surface area contributed by atoms with Gasteiger partial charge in [0.15, 0.2) is 0 Å². The first kappa shape index (κ1) is 14.4. The maximum atomic E-state index is 11.1. The molecule has 2 aliphatic heterocycles. The molecule has 0 aromatic heterocycles. The largest absolute Gasteiger partial charge is 0.298 e. The smallest absolute Gasteiger partial charge is 0.150 e. The first-order valence-corrected chi connectivity index (χ1v) is 10.1. The lowest BCUT2D eigenvalue weighted by Crippen LogP contribution is -2.02. The van der Waals surface area contributed by atoms with Gasteiger partial charge in [-0.3, -0.25) is 4.79 Å². The number of halogens is 2. The van der Waals surface area contributed by atoms with Crippen LogP contribution in [0.1, 0.15) is 22.3 Å². The normalized spacial score (nSPS) is 19.1. The maximum absolute atomic E-state index is 11.1. The molecule has 0 radical (unpaired) electrons. The van der Waals surface area contributed by atoms with Crippen molar-refractivity contribution in [3.8, 4) is 0 Å². The third kappa shape index (κ3) is 2.74. The highest BCUT2D eigenvalue weighted by Crippen LogP contribution is 2.66. The van der Waals surface area contributed by atoms with Crippen LogP contribution in [-0.4, -0.2) is 23.9 Å². The molecule has 1 aromatic rings. The molecule has 0 saturated carbocycles. The molecule has 2 aliphatic rings. The van der Waals surface area contributed by atoms with Gasteiger partial charge >= 0.3 is 0 Å². The summed E-state index contributed by atoms with van der Waals surface area (Å²) in [4.78, 5) is 11.1. The molecule has 1 aromatic carbocycles. The van der Waals surface area contributed by atoms with Crippen LogP contribution >= 0.6 is 34.4 Å². The SMILES string of the molecule is O=Cc1cccc(Cl)c1CCC1=P2(C=CC(Br)=C1)CC2. The predicted octanol–water partition coefficient (Wildman–Crippen LogP) is 5.09. The Balaban J connectivity index is 1.87. The molecule has 2 heterocycles. The van der Waals surface area contributed by atoms with Gasteiger partial charge < -0.3 is 0 Å². The number of aldehydes is 1. The highest BCUT2D eigenvalue weighted by molar-refractivity contribution is 9.11. The van der Waals surface area contributed by atoms with Crippen LogP contribution in [0.2, 0.25) is 5.02 Å². The standard InChI is InChI=1S/C16H15BrClOP/c17-13-6-7-20(8-9-20)14(10-13)4-5-15-12(11-19)2-1-3-16(15)18/h1-3,6-7,10-11H,4-5,8-9H2. The number of hydrogen-bond donors (Lipinski definition) is 0. The van der Waals surface area contributed by atoms with Gasteiger partial charge in [0.1, 0.15) is 6.29 Å². The Hall–Kier alpha value is -0.560. The summed E-state index contributed by atoms with van der Waals surface area (Å²) in [7, 11) is 0. The molecule has 104 valence electrons. The van der Waals surface area contributed by atoms with Crippen molar-refractivity contribution in [1.29, 1.82) is 0 Å². The molecule has 0 atom stereocenters. The van der Waals surface area contributed by atoms with Crippen LogP contribution in [0.15, 0.2) is 40.7 Å². The second-order valence-corrected chi connectivity index (χ2v) is 10.4. The van der Waals surface area contributed by atoms with Gasteiger partial charge in [0.2, 0.25) is 0 Å². The van der Waals surface area contributed by atoms with E-state index in [0.29, 0.717) is 5.02 Å². The van der Waals surface area contributed by atoms with E-state index in [1.54, 1.807) is 5.29 Å².